The number of ketones is 2. The Balaban J connectivity index is 2.10. The van der Waals surface area contributed by atoms with Crippen molar-refractivity contribution in [1.29, 1.82) is 0 Å². The molecule has 0 aliphatic rings. The van der Waals surface area contributed by atoms with Crippen molar-refractivity contribution in [1.82, 2.24) is 0 Å². The second-order valence-electron chi connectivity index (χ2n) is 5.23. The lowest BCUT2D eigenvalue weighted by molar-refractivity contribution is -0.118. The van der Waals surface area contributed by atoms with Crippen LogP contribution in [-0.2, 0) is 11.4 Å². The van der Waals surface area contributed by atoms with Crippen LogP contribution in [0.5, 0.6) is 5.75 Å². The van der Waals surface area contributed by atoms with Crippen molar-refractivity contribution in [3.63, 3.8) is 0 Å². The molecule has 0 aliphatic heterocycles. The highest BCUT2D eigenvalue weighted by Crippen LogP contribution is 2.25. The predicted octanol–water partition coefficient (Wildman–Crippen LogP) is 4.86. The fraction of sp³-hybridized carbons (Fsp3) is 0.263. The minimum atomic E-state index is -0.127. The average Bonchev–Trinajstić information content (AvgIpc) is 2.59. The molecule has 0 bridgehead atoms. The zero-order chi connectivity index (χ0) is 16.7. The van der Waals surface area contributed by atoms with Crippen molar-refractivity contribution in [3.8, 4) is 5.75 Å². The highest BCUT2D eigenvalue weighted by Gasteiger charge is 2.15. The number of hydrogen-bond donors (Lipinski definition) is 0. The van der Waals surface area contributed by atoms with Gasteiger partial charge in [-0.3, -0.25) is 9.59 Å². The summed E-state index contributed by atoms with van der Waals surface area (Å²) < 4.78 is 5.77. The third-order valence-corrected chi connectivity index (χ3v) is 3.74. The van der Waals surface area contributed by atoms with E-state index in [-0.39, 0.29) is 24.4 Å². The Labute approximate surface area is 141 Å². The van der Waals surface area contributed by atoms with Gasteiger partial charge in [-0.15, -0.1) is 0 Å². The Bertz CT molecular complexity index is 680. The minimum Gasteiger partial charge on any atom is -0.488 e. The number of hydrogen-bond acceptors (Lipinski definition) is 3. The average molecular weight is 331 g/mol. The van der Waals surface area contributed by atoms with E-state index in [1.54, 1.807) is 25.1 Å². The number of benzene rings is 2. The summed E-state index contributed by atoms with van der Waals surface area (Å²) in [4.78, 5) is 23.8. The first-order chi connectivity index (χ1) is 11.1. The molecule has 0 spiro atoms. The van der Waals surface area contributed by atoms with Gasteiger partial charge in [-0.2, -0.15) is 0 Å². The summed E-state index contributed by atoms with van der Waals surface area (Å²) in [5.74, 6) is 0.441. The van der Waals surface area contributed by atoms with Crippen LogP contribution in [0.25, 0.3) is 0 Å². The van der Waals surface area contributed by atoms with E-state index in [1.165, 1.54) is 0 Å². The Morgan fingerprint density at radius 1 is 1.04 bits per heavy atom. The van der Waals surface area contributed by atoms with E-state index in [0.717, 1.165) is 5.56 Å². The van der Waals surface area contributed by atoms with Gasteiger partial charge in [0.2, 0.25) is 0 Å². The molecule has 2 aromatic carbocycles. The third-order valence-electron chi connectivity index (χ3n) is 3.50. The number of Topliss-reactive ketones (excluding diaryl/α,β-unsaturated/α-hetero) is 2. The van der Waals surface area contributed by atoms with Crippen LogP contribution in [0.2, 0.25) is 5.02 Å². The van der Waals surface area contributed by atoms with Gasteiger partial charge >= 0.3 is 0 Å². The van der Waals surface area contributed by atoms with Crippen molar-refractivity contribution in [2.24, 2.45) is 0 Å². The summed E-state index contributed by atoms with van der Waals surface area (Å²) in [6, 6.07) is 14.7. The van der Waals surface area contributed by atoms with Crippen LogP contribution in [-0.4, -0.2) is 11.6 Å². The monoisotopic (exact) mass is 330 g/mol. The third kappa shape index (κ3) is 5.22. The molecule has 3 nitrogen and oxygen atoms in total. The molecule has 0 amide bonds. The van der Waals surface area contributed by atoms with Crippen LogP contribution in [0.15, 0.2) is 48.5 Å². The van der Waals surface area contributed by atoms with Crippen LogP contribution in [0.1, 0.15) is 42.1 Å². The molecule has 2 rings (SSSR count). The fourth-order valence-corrected chi connectivity index (χ4v) is 2.32. The molecule has 23 heavy (non-hydrogen) atoms. The van der Waals surface area contributed by atoms with Crippen LogP contribution >= 0.6 is 11.6 Å². The van der Waals surface area contributed by atoms with Gasteiger partial charge in [0.15, 0.2) is 5.78 Å². The molecule has 0 aromatic heterocycles. The molecule has 0 saturated carbocycles. The van der Waals surface area contributed by atoms with E-state index >= 15 is 0 Å². The quantitative estimate of drug-likeness (QED) is 0.649. The second kappa shape index (κ2) is 8.49. The van der Waals surface area contributed by atoms with Gasteiger partial charge in [0.25, 0.3) is 0 Å². The summed E-state index contributed by atoms with van der Waals surface area (Å²) in [6.07, 6.45) is 0.870. The highest BCUT2D eigenvalue weighted by atomic mass is 35.5. The summed E-state index contributed by atoms with van der Waals surface area (Å²) in [5.41, 5.74) is 1.44. The molecule has 0 N–H and O–H groups in total. The van der Waals surface area contributed by atoms with Gasteiger partial charge in [0.1, 0.15) is 18.1 Å². The zero-order valence-corrected chi connectivity index (χ0v) is 13.8. The number of carbonyl (C=O) groups is 2. The summed E-state index contributed by atoms with van der Waals surface area (Å²) in [6.45, 7) is 2.16. The maximum absolute atomic E-state index is 12.4. The Kier molecular flexibility index (Phi) is 6.36. The van der Waals surface area contributed by atoms with Gasteiger partial charge in [-0.1, -0.05) is 48.9 Å². The molecule has 0 heterocycles. The maximum Gasteiger partial charge on any atom is 0.167 e. The van der Waals surface area contributed by atoms with E-state index in [9.17, 15) is 9.59 Å². The number of ether oxygens (including phenoxy) is 1. The highest BCUT2D eigenvalue weighted by molar-refractivity contribution is 6.31. The summed E-state index contributed by atoms with van der Waals surface area (Å²) >= 11 is 5.99. The molecular formula is C19H19ClO3. The first kappa shape index (κ1) is 17.2. The Morgan fingerprint density at radius 3 is 2.48 bits per heavy atom. The lowest BCUT2D eigenvalue weighted by Gasteiger charge is -2.11. The Morgan fingerprint density at radius 2 is 1.78 bits per heavy atom. The standard InChI is InChI=1S/C19H19ClO3/c1-2-16(21)9-10-18(22)17-12-15(20)8-11-19(17)23-13-14-6-4-3-5-7-14/h3-8,11-12H,2,9-10,13H2,1H3. The fourth-order valence-electron chi connectivity index (χ4n) is 2.15. The first-order valence-corrected chi connectivity index (χ1v) is 7.99. The van der Waals surface area contributed by atoms with Gasteiger partial charge in [0.05, 0.1) is 5.56 Å². The van der Waals surface area contributed by atoms with Crippen LogP contribution in [0.3, 0.4) is 0 Å². The van der Waals surface area contributed by atoms with Crippen molar-refractivity contribution in [2.45, 2.75) is 32.8 Å². The van der Waals surface area contributed by atoms with E-state index < -0.39 is 0 Å². The van der Waals surface area contributed by atoms with Crippen molar-refractivity contribution >= 4 is 23.2 Å². The molecule has 120 valence electrons. The summed E-state index contributed by atoms with van der Waals surface area (Å²) in [7, 11) is 0. The van der Waals surface area contributed by atoms with Crippen molar-refractivity contribution in [2.75, 3.05) is 0 Å². The summed E-state index contributed by atoms with van der Waals surface area (Å²) in [5, 5.41) is 0.474. The minimum absolute atomic E-state index is 0.0760. The number of halogens is 1. The molecule has 0 radical (unpaired) electrons. The smallest absolute Gasteiger partial charge is 0.167 e. The SMILES string of the molecule is CCC(=O)CCC(=O)c1cc(Cl)ccc1OCc1ccccc1. The molecular weight excluding hydrogens is 312 g/mol. The van der Waals surface area contributed by atoms with E-state index in [2.05, 4.69) is 0 Å². The van der Waals surface area contributed by atoms with E-state index in [0.29, 0.717) is 29.4 Å². The molecule has 0 fully saturated rings. The maximum atomic E-state index is 12.4. The normalized spacial score (nSPS) is 10.3. The van der Waals surface area contributed by atoms with Gasteiger partial charge in [-0.25, -0.2) is 0 Å². The molecule has 0 unspecified atom stereocenters. The van der Waals surface area contributed by atoms with E-state index in [1.807, 2.05) is 30.3 Å². The van der Waals surface area contributed by atoms with Gasteiger partial charge in [0, 0.05) is 24.3 Å². The second-order valence-corrected chi connectivity index (χ2v) is 5.67. The van der Waals surface area contributed by atoms with Gasteiger partial charge < -0.3 is 4.74 Å². The first-order valence-electron chi connectivity index (χ1n) is 7.61. The largest absolute Gasteiger partial charge is 0.488 e. The van der Waals surface area contributed by atoms with Crippen LogP contribution < -0.4 is 4.74 Å². The molecule has 0 atom stereocenters. The zero-order valence-electron chi connectivity index (χ0n) is 13.0. The molecule has 0 saturated heterocycles. The predicted molar refractivity (Wildman–Crippen MR) is 91.1 cm³/mol. The van der Waals surface area contributed by atoms with Crippen LogP contribution in [0, 0.1) is 0 Å². The molecule has 4 heteroatoms. The number of rotatable bonds is 8. The van der Waals surface area contributed by atoms with E-state index in [4.69, 9.17) is 16.3 Å². The molecule has 0 aliphatic carbocycles. The van der Waals surface area contributed by atoms with Crippen molar-refractivity contribution in [3.05, 3.63) is 64.7 Å². The van der Waals surface area contributed by atoms with Crippen molar-refractivity contribution < 1.29 is 14.3 Å². The van der Waals surface area contributed by atoms with Gasteiger partial charge in [-0.05, 0) is 23.8 Å². The topological polar surface area (TPSA) is 43.4 Å². The molecule has 2 aromatic rings. The lowest BCUT2D eigenvalue weighted by Crippen LogP contribution is -2.07. The Hall–Kier alpha value is -2.13. The lowest BCUT2D eigenvalue weighted by atomic mass is 10.0. The van der Waals surface area contributed by atoms with Crippen LogP contribution in [0.4, 0.5) is 0 Å². The number of carbonyl (C=O) groups excluding carboxylic acids is 2.